The topological polar surface area (TPSA) is 55.4 Å². The van der Waals surface area contributed by atoms with Crippen LogP contribution in [0.15, 0.2) is 53.4 Å². The summed E-state index contributed by atoms with van der Waals surface area (Å²) in [5, 5.41) is 4.90. The molecule has 0 saturated heterocycles. The molecule has 0 atom stereocenters. The van der Waals surface area contributed by atoms with Gasteiger partial charge in [0, 0.05) is 32.2 Å². The lowest BCUT2D eigenvalue weighted by molar-refractivity contribution is -0.115. The van der Waals surface area contributed by atoms with Crippen molar-refractivity contribution < 1.29 is 14.3 Å². The fourth-order valence-electron chi connectivity index (χ4n) is 2.52. The van der Waals surface area contributed by atoms with Crippen molar-refractivity contribution in [3.63, 3.8) is 0 Å². The maximum absolute atomic E-state index is 12.4. The number of benzene rings is 2. The SMILES string of the molecule is CCOC(=O)c1c(NC(=O)CCSc2ccc(Cl)cc2)sc2ccccc12. The standard InChI is InChI=1S/C20H18ClNO3S2/c1-2-25-20(24)18-15-5-3-4-6-16(15)27-19(18)22-17(23)11-12-26-14-9-7-13(21)8-10-14/h3-10H,2,11-12H2,1H3,(H,22,23). The van der Waals surface area contributed by atoms with Crippen LogP contribution in [0.3, 0.4) is 0 Å². The summed E-state index contributed by atoms with van der Waals surface area (Å²) in [6.45, 7) is 2.05. The summed E-state index contributed by atoms with van der Waals surface area (Å²) in [6, 6.07) is 15.1. The van der Waals surface area contributed by atoms with Gasteiger partial charge >= 0.3 is 5.97 Å². The third-order valence-electron chi connectivity index (χ3n) is 3.74. The van der Waals surface area contributed by atoms with E-state index in [1.54, 1.807) is 18.7 Å². The number of carbonyl (C=O) groups is 2. The van der Waals surface area contributed by atoms with Crippen molar-refractivity contribution in [1.82, 2.24) is 0 Å². The second-order valence-electron chi connectivity index (χ2n) is 5.62. The van der Waals surface area contributed by atoms with Gasteiger partial charge in [-0.25, -0.2) is 4.79 Å². The highest BCUT2D eigenvalue weighted by molar-refractivity contribution is 7.99. The smallest absolute Gasteiger partial charge is 0.341 e. The van der Waals surface area contributed by atoms with E-state index in [1.165, 1.54) is 11.3 Å². The first-order valence-electron chi connectivity index (χ1n) is 8.45. The number of thioether (sulfide) groups is 1. The van der Waals surface area contributed by atoms with Crippen LogP contribution < -0.4 is 5.32 Å². The van der Waals surface area contributed by atoms with E-state index < -0.39 is 5.97 Å². The van der Waals surface area contributed by atoms with Crippen molar-refractivity contribution >= 4 is 61.7 Å². The van der Waals surface area contributed by atoms with Gasteiger partial charge in [0.15, 0.2) is 0 Å². The average molecular weight is 420 g/mol. The zero-order chi connectivity index (χ0) is 19.2. The third-order valence-corrected chi connectivity index (χ3v) is 6.09. The Labute approximate surface area is 170 Å². The minimum absolute atomic E-state index is 0.131. The minimum atomic E-state index is -0.416. The van der Waals surface area contributed by atoms with Gasteiger partial charge in [0.05, 0.1) is 6.61 Å². The lowest BCUT2D eigenvalue weighted by atomic mass is 10.1. The predicted octanol–water partition coefficient (Wildman–Crippen LogP) is 5.85. The van der Waals surface area contributed by atoms with Crippen LogP contribution in [0.2, 0.25) is 5.02 Å². The Balaban J connectivity index is 1.68. The maximum Gasteiger partial charge on any atom is 0.341 e. The number of anilines is 1. The quantitative estimate of drug-likeness (QED) is 0.385. The number of amides is 1. The van der Waals surface area contributed by atoms with Crippen LogP contribution in [0.25, 0.3) is 10.1 Å². The molecule has 4 nitrogen and oxygen atoms in total. The highest BCUT2D eigenvalue weighted by atomic mass is 35.5. The highest BCUT2D eigenvalue weighted by Gasteiger charge is 2.21. The molecular formula is C20H18ClNO3S2. The zero-order valence-corrected chi connectivity index (χ0v) is 17.0. The molecule has 1 amide bonds. The molecule has 3 aromatic rings. The van der Waals surface area contributed by atoms with Gasteiger partial charge in [-0.1, -0.05) is 29.8 Å². The van der Waals surface area contributed by atoms with Crippen molar-refractivity contribution in [2.45, 2.75) is 18.2 Å². The summed E-state index contributed by atoms with van der Waals surface area (Å²) in [5.41, 5.74) is 0.427. The van der Waals surface area contributed by atoms with Gasteiger partial charge in [-0.05, 0) is 37.3 Å². The van der Waals surface area contributed by atoms with Crippen molar-refractivity contribution in [3.05, 3.63) is 59.1 Å². The molecule has 0 radical (unpaired) electrons. The van der Waals surface area contributed by atoms with E-state index >= 15 is 0 Å². The number of thiophene rings is 1. The lowest BCUT2D eigenvalue weighted by Crippen LogP contribution is -2.14. The van der Waals surface area contributed by atoms with Crippen molar-refractivity contribution in [2.75, 3.05) is 17.7 Å². The number of ether oxygens (including phenoxy) is 1. The molecule has 0 fully saturated rings. The largest absolute Gasteiger partial charge is 0.462 e. The first-order valence-corrected chi connectivity index (χ1v) is 10.6. The van der Waals surface area contributed by atoms with Gasteiger partial charge in [0.2, 0.25) is 5.91 Å². The van der Waals surface area contributed by atoms with Crippen molar-refractivity contribution in [2.24, 2.45) is 0 Å². The molecule has 0 aliphatic rings. The summed E-state index contributed by atoms with van der Waals surface area (Å²) in [5.74, 6) is 0.0852. The molecule has 0 spiro atoms. The van der Waals surface area contributed by atoms with Gasteiger partial charge in [-0.3, -0.25) is 4.79 Å². The van der Waals surface area contributed by atoms with E-state index in [2.05, 4.69) is 5.32 Å². The Kier molecular flexibility index (Phi) is 6.77. The normalized spacial score (nSPS) is 10.7. The fraction of sp³-hybridized carbons (Fsp3) is 0.200. The number of hydrogen-bond donors (Lipinski definition) is 1. The van der Waals surface area contributed by atoms with Crippen LogP contribution >= 0.6 is 34.7 Å². The Morgan fingerprint density at radius 2 is 1.89 bits per heavy atom. The van der Waals surface area contributed by atoms with Crippen LogP contribution in [0.4, 0.5) is 5.00 Å². The average Bonchev–Trinajstić information content (AvgIpc) is 3.01. The predicted molar refractivity (Wildman–Crippen MR) is 113 cm³/mol. The number of carbonyl (C=O) groups excluding carboxylic acids is 2. The van der Waals surface area contributed by atoms with Gasteiger partial charge in [0.1, 0.15) is 10.6 Å². The lowest BCUT2D eigenvalue weighted by Gasteiger charge is -2.07. The number of halogens is 1. The number of fused-ring (bicyclic) bond motifs is 1. The number of rotatable bonds is 7. The van der Waals surface area contributed by atoms with Gasteiger partial charge in [-0.15, -0.1) is 23.1 Å². The van der Waals surface area contributed by atoms with Crippen LogP contribution in [0.1, 0.15) is 23.7 Å². The van der Waals surface area contributed by atoms with Crippen LogP contribution in [0.5, 0.6) is 0 Å². The van der Waals surface area contributed by atoms with E-state index in [9.17, 15) is 9.59 Å². The van der Waals surface area contributed by atoms with E-state index in [-0.39, 0.29) is 12.5 Å². The number of esters is 1. The molecule has 3 rings (SSSR count). The molecule has 2 aromatic carbocycles. The molecule has 27 heavy (non-hydrogen) atoms. The Morgan fingerprint density at radius 3 is 2.63 bits per heavy atom. The third kappa shape index (κ3) is 5.03. The molecule has 140 valence electrons. The molecule has 0 aliphatic heterocycles. The number of hydrogen-bond acceptors (Lipinski definition) is 5. The molecule has 0 saturated carbocycles. The summed E-state index contributed by atoms with van der Waals surface area (Å²) in [6.07, 6.45) is 0.337. The molecule has 0 unspecified atom stereocenters. The summed E-state index contributed by atoms with van der Waals surface area (Å²) in [7, 11) is 0. The Morgan fingerprint density at radius 1 is 1.15 bits per heavy atom. The van der Waals surface area contributed by atoms with Crippen LogP contribution in [0, 0.1) is 0 Å². The summed E-state index contributed by atoms with van der Waals surface area (Å²) in [4.78, 5) is 25.8. The maximum atomic E-state index is 12.4. The molecular weight excluding hydrogens is 402 g/mol. The van der Waals surface area contributed by atoms with Crippen LogP contribution in [-0.4, -0.2) is 24.2 Å². The van der Waals surface area contributed by atoms with Crippen molar-refractivity contribution in [1.29, 1.82) is 0 Å². The van der Waals surface area contributed by atoms with E-state index in [0.29, 0.717) is 27.8 Å². The molecule has 1 heterocycles. The molecule has 1 aromatic heterocycles. The van der Waals surface area contributed by atoms with E-state index in [4.69, 9.17) is 16.3 Å². The molecule has 1 N–H and O–H groups in total. The van der Waals surface area contributed by atoms with Gasteiger partial charge < -0.3 is 10.1 Å². The monoisotopic (exact) mass is 419 g/mol. The first kappa shape index (κ1) is 19.7. The summed E-state index contributed by atoms with van der Waals surface area (Å²) >= 11 is 8.84. The number of nitrogens with one attached hydrogen (secondary N) is 1. The molecule has 7 heteroatoms. The second kappa shape index (κ2) is 9.26. The zero-order valence-electron chi connectivity index (χ0n) is 14.7. The van der Waals surface area contributed by atoms with E-state index in [0.717, 1.165) is 15.0 Å². The van der Waals surface area contributed by atoms with Gasteiger partial charge in [-0.2, -0.15) is 0 Å². The molecule has 0 aliphatic carbocycles. The Bertz CT molecular complexity index is 954. The minimum Gasteiger partial charge on any atom is -0.462 e. The Hall–Kier alpha value is -2.02. The molecule has 0 bridgehead atoms. The first-order chi connectivity index (χ1) is 13.1. The second-order valence-corrected chi connectivity index (χ2v) is 8.28. The van der Waals surface area contributed by atoms with E-state index in [1.807, 2.05) is 48.5 Å². The van der Waals surface area contributed by atoms with Crippen LogP contribution in [-0.2, 0) is 9.53 Å². The summed E-state index contributed by atoms with van der Waals surface area (Å²) < 4.78 is 6.10. The van der Waals surface area contributed by atoms with Gasteiger partial charge in [0.25, 0.3) is 0 Å². The fourth-order valence-corrected chi connectivity index (χ4v) is 4.61. The van der Waals surface area contributed by atoms with Crippen molar-refractivity contribution in [3.8, 4) is 0 Å². The highest BCUT2D eigenvalue weighted by Crippen LogP contribution is 2.36.